The number of benzene rings is 1. The van der Waals surface area contributed by atoms with Gasteiger partial charge in [0.15, 0.2) is 0 Å². The molecule has 0 spiro atoms. The summed E-state index contributed by atoms with van der Waals surface area (Å²) < 4.78 is 0. The highest BCUT2D eigenvalue weighted by molar-refractivity contribution is 5.63. The third kappa shape index (κ3) is 2.56. The molecule has 94 valence electrons. The lowest BCUT2D eigenvalue weighted by Gasteiger charge is -2.37. The molecule has 1 aromatic carbocycles. The molecule has 1 aromatic rings. The lowest BCUT2D eigenvalue weighted by molar-refractivity contribution is 0.356. The first-order valence-corrected chi connectivity index (χ1v) is 6.59. The van der Waals surface area contributed by atoms with E-state index in [0.717, 1.165) is 17.5 Å². The highest BCUT2D eigenvalue weighted by atomic mass is 15.1. The van der Waals surface area contributed by atoms with Gasteiger partial charge in [-0.2, -0.15) is 0 Å². The minimum Gasteiger partial charge on any atom is -0.399 e. The van der Waals surface area contributed by atoms with Crippen molar-refractivity contribution in [1.82, 2.24) is 0 Å². The van der Waals surface area contributed by atoms with Crippen LogP contribution in [0.4, 0.5) is 11.4 Å². The van der Waals surface area contributed by atoms with Gasteiger partial charge in [-0.25, -0.2) is 0 Å². The monoisotopic (exact) mass is 232 g/mol. The Hall–Kier alpha value is -1.18. The standard InChI is InChI=1S/C15H24N2/c1-10-5-11(2)9-17(8-10)15-7-12(3)14(16)6-13(15)4/h6-7,10-11H,5,8-9,16H2,1-4H3/t10-,11-/m1/s1. The molecule has 1 heterocycles. The second-order valence-corrected chi connectivity index (χ2v) is 5.85. The predicted molar refractivity (Wildman–Crippen MR) is 75.5 cm³/mol. The average molecular weight is 232 g/mol. The summed E-state index contributed by atoms with van der Waals surface area (Å²) in [4.78, 5) is 2.53. The van der Waals surface area contributed by atoms with Crippen molar-refractivity contribution >= 4 is 11.4 Å². The first-order valence-electron chi connectivity index (χ1n) is 6.59. The third-order valence-corrected chi connectivity index (χ3v) is 3.79. The van der Waals surface area contributed by atoms with E-state index in [2.05, 4.69) is 44.7 Å². The lowest BCUT2D eigenvalue weighted by Crippen LogP contribution is -2.39. The van der Waals surface area contributed by atoms with Crippen LogP contribution in [0.3, 0.4) is 0 Å². The first-order chi connectivity index (χ1) is 7.97. The van der Waals surface area contributed by atoms with Crippen molar-refractivity contribution < 1.29 is 0 Å². The van der Waals surface area contributed by atoms with Gasteiger partial charge in [0.2, 0.25) is 0 Å². The Morgan fingerprint density at radius 1 is 1.06 bits per heavy atom. The molecule has 0 unspecified atom stereocenters. The Balaban J connectivity index is 2.30. The number of anilines is 2. The minimum atomic E-state index is 0.788. The van der Waals surface area contributed by atoms with Gasteiger partial charge >= 0.3 is 0 Å². The molecule has 2 nitrogen and oxygen atoms in total. The smallest absolute Gasteiger partial charge is 0.0400 e. The Morgan fingerprint density at radius 2 is 1.65 bits per heavy atom. The molecule has 1 saturated heterocycles. The number of hydrogen-bond acceptors (Lipinski definition) is 2. The van der Waals surface area contributed by atoms with Crippen molar-refractivity contribution in [3.8, 4) is 0 Å². The van der Waals surface area contributed by atoms with Crippen LogP contribution in [0.1, 0.15) is 31.4 Å². The zero-order valence-electron chi connectivity index (χ0n) is 11.5. The van der Waals surface area contributed by atoms with Crippen LogP contribution in [0, 0.1) is 25.7 Å². The van der Waals surface area contributed by atoms with E-state index in [4.69, 9.17) is 5.73 Å². The van der Waals surface area contributed by atoms with E-state index in [0.29, 0.717) is 0 Å². The number of nitrogen functional groups attached to an aromatic ring is 1. The summed E-state index contributed by atoms with van der Waals surface area (Å²) in [5.41, 5.74) is 10.7. The topological polar surface area (TPSA) is 29.3 Å². The number of aryl methyl sites for hydroxylation is 2. The summed E-state index contributed by atoms with van der Waals surface area (Å²) in [5.74, 6) is 1.58. The maximum absolute atomic E-state index is 5.96. The van der Waals surface area contributed by atoms with Gasteiger partial charge in [0.05, 0.1) is 0 Å². The Morgan fingerprint density at radius 3 is 2.24 bits per heavy atom. The molecule has 1 fully saturated rings. The van der Waals surface area contributed by atoms with E-state index in [1.54, 1.807) is 0 Å². The molecule has 0 aliphatic carbocycles. The van der Waals surface area contributed by atoms with Crippen molar-refractivity contribution in [2.24, 2.45) is 11.8 Å². The predicted octanol–water partition coefficient (Wildman–Crippen LogP) is 3.37. The summed E-state index contributed by atoms with van der Waals surface area (Å²) in [6.45, 7) is 11.3. The molecule has 2 atom stereocenters. The molecule has 17 heavy (non-hydrogen) atoms. The SMILES string of the molecule is Cc1cc(N2C[C@H](C)C[C@@H](C)C2)c(C)cc1N. The van der Waals surface area contributed by atoms with Crippen molar-refractivity contribution in [3.05, 3.63) is 23.3 Å². The van der Waals surface area contributed by atoms with Crippen LogP contribution in [0.5, 0.6) is 0 Å². The summed E-state index contributed by atoms with van der Waals surface area (Å²) >= 11 is 0. The van der Waals surface area contributed by atoms with Crippen LogP contribution in [0.15, 0.2) is 12.1 Å². The number of hydrogen-bond donors (Lipinski definition) is 1. The van der Waals surface area contributed by atoms with Crippen molar-refractivity contribution in [3.63, 3.8) is 0 Å². The van der Waals surface area contributed by atoms with Crippen LogP contribution in [0.2, 0.25) is 0 Å². The number of nitrogens with zero attached hydrogens (tertiary/aromatic N) is 1. The molecular formula is C15H24N2. The minimum absolute atomic E-state index is 0.788. The van der Waals surface area contributed by atoms with Crippen molar-refractivity contribution in [2.75, 3.05) is 23.7 Å². The molecule has 1 aliphatic rings. The van der Waals surface area contributed by atoms with Gasteiger partial charge in [-0.3, -0.25) is 0 Å². The second-order valence-electron chi connectivity index (χ2n) is 5.85. The van der Waals surface area contributed by atoms with E-state index in [-0.39, 0.29) is 0 Å². The molecule has 0 saturated carbocycles. The van der Waals surface area contributed by atoms with E-state index >= 15 is 0 Å². The molecule has 2 heteroatoms. The zero-order chi connectivity index (χ0) is 12.6. The maximum atomic E-state index is 5.96. The Bertz CT molecular complexity index is 402. The van der Waals surface area contributed by atoms with Crippen molar-refractivity contribution in [1.29, 1.82) is 0 Å². The van der Waals surface area contributed by atoms with E-state index in [1.807, 2.05) is 0 Å². The summed E-state index contributed by atoms with van der Waals surface area (Å²) in [6, 6.07) is 4.35. The molecule has 0 aromatic heterocycles. The molecule has 0 amide bonds. The molecule has 0 bridgehead atoms. The third-order valence-electron chi connectivity index (χ3n) is 3.79. The van der Waals surface area contributed by atoms with Gasteiger partial charge in [0, 0.05) is 24.5 Å². The van der Waals surface area contributed by atoms with Crippen LogP contribution < -0.4 is 10.6 Å². The fraction of sp³-hybridized carbons (Fsp3) is 0.600. The van der Waals surface area contributed by atoms with Gasteiger partial charge in [-0.15, -0.1) is 0 Å². The summed E-state index contributed by atoms with van der Waals surface area (Å²) in [5, 5.41) is 0. The highest BCUT2D eigenvalue weighted by Gasteiger charge is 2.23. The molecular weight excluding hydrogens is 208 g/mol. The molecule has 2 N–H and O–H groups in total. The molecule has 2 rings (SSSR count). The molecule has 1 aliphatic heterocycles. The maximum Gasteiger partial charge on any atom is 0.0400 e. The normalized spacial score (nSPS) is 25.1. The van der Waals surface area contributed by atoms with E-state index < -0.39 is 0 Å². The van der Waals surface area contributed by atoms with E-state index in [1.165, 1.54) is 36.3 Å². The Kier molecular flexibility index (Phi) is 3.32. The van der Waals surface area contributed by atoms with Gasteiger partial charge < -0.3 is 10.6 Å². The highest BCUT2D eigenvalue weighted by Crippen LogP contribution is 2.31. The van der Waals surface area contributed by atoms with Crippen LogP contribution in [-0.4, -0.2) is 13.1 Å². The average Bonchev–Trinajstić information content (AvgIpc) is 2.22. The summed E-state index contributed by atoms with van der Waals surface area (Å²) in [6.07, 6.45) is 1.35. The van der Waals surface area contributed by atoms with Gasteiger partial charge in [-0.1, -0.05) is 13.8 Å². The lowest BCUT2D eigenvalue weighted by atomic mass is 9.91. The quantitative estimate of drug-likeness (QED) is 0.752. The van der Waals surface area contributed by atoms with Crippen LogP contribution in [0.25, 0.3) is 0 Å². The second kappa shape index (κ2) is 4.59. The molecule has 0 radical (unpaired) electrons. The van der Waals surface area contributed by atoms with Gasteiger partial charge in [0.25, 0.3) is 0 Å². The number of piperidine rings is 1. The van der Waals surface area contributed by atoms with Crippen LogP contribution >= 0.6 is 0 Å². The van der Waals surface area contributed by atoms with E-state index in [9.17, 15) is 0 Å². The Labute approximate surface area is 105 Å². The zero-order valence-corrected chi connectivity index (χ0v) is 11.5. The number of rotatable bonds is 1. The van der Waals surface area contributed by atoms with Gasteiger partial charge in [-0.05, 0) is 55.4 Å². The fourth-order valence-electron chi connectivity index (χ4n) is 3.02. The number of nitrogens with two attached hydrogens (primary N) is 1. The fourth-order valence-corrected chi connectivity index (χ4v) is 3.02. The largest absolute Gasteiger partial charge is 0.399 e. The first kappa shape index (κ1) is 12.3. The van der Waals surface area contributed by atoms with Gasteiger partial charge in [0.1, 0.15) is 0 Å². The van der Waals surface area contributed by atoms with Crippen LogP contribution in [-0.2, 0) is 0 Å². The van der Waals surface area contributed by atoms with Crippen molar-refractivity contribution in [2.45, 2.75) is 34.1 Å². The summed E-state index contributed by atoms with van der Waals surface area (Å²) in [7, 11) is 0.